The van der Waals surface area contributed by atoms with E-state index in [1.54, 1.807) is 4.90 Å². The lowest BCUT2D eigenvalue weighted by Gasteiger charge is -2.20. The van der Waals surface area contributed by atoms with Gasteiger partial charge in [0.15, 0.2) is 0 Å². The first-order valence-corrected chi connectivity index (χ1v) is 5.56. The molecule has 0 aromatic carbocycles. The molecule has 0 unspecified atom stereocenters. The molecule has 88 valence electrons. The fourth-order valence-corrected chi connectivity index (χ4v) is 1.01. The van der Waals surface area contributed by atoms with E-state index >= 15 is 0 Å². The van der Waals surface area contributed by atoms with Crippen LogP contribution < -0.4 is 0 Å². The maximum absolute atomic E-state index is 12.0. The third-order valence-corrected chi connectivity index (χ3v) is 1.87. The van der Waals surface area contributed by atoms with Crippen molar-refractivity contribution < 1.29 is 8.78 Å². The highest BCUT2D eigenvalue weighted by Crippen LogP contribution is 2.04. The predicted molar refractivity (Wildman–Crippen MR) is 58.9 cm³/mol. The van der Waals surface area contributed by atoms with Gasteiger partial charge in [0.05, 0.1) is 6.54 Å². The molecule has 0 aliphatic rings. The van der Waals surface area contributed by atoms with E-state index in [1.807, 2.05) is 20.8 Å². The minimum Gasteiger partial charge on any atom is -0.298 e. The second-order valence-electron chi connectivity index (χ2n) is 3.47. The highest BCUT2D eigenvalue weighted by molar-refractivity contribution is 4.58. The van der Waals surface area contributed by atoms with Crippen molar-refractivity contribution in [2.24, 2.45) is 5.92 Å². The van der Waals surface area contributed by atoms with Gasteiger partial charge in [-0.25, -0.2) is 8.78 Å². The summed E-state index contributed by atoms with van der Waals surface area (Å²) in [6.07, 6.45) is -1.20. The molecule has 0 heterocycles. The largest absolute Gasteiger partial charge is 0.298 e. The molecule has 0 rings (SSSR count). The number of alkyl halides is 2. The quantitative estimate of drug-likeness (QED) is 0.645. The van der Waals surface area contributed by atoms with Crippen LogP contribution in [0.1, 0.15) is 41.0 Å². The summed E-state index contributed by atoms with van der Waals surface area (Å²) >= 11 is 0. The maximum Gasteiger partial charge on any atom is 0.251 e. The molecule has 14 heavy (non-hydrogen) atoms. The zero-order chi connectivity index (χ0) is 11.6. The summed E-state index contributed by atoms with van der Waals surface area (Å²) in [7, 11) is 0. The highest BCUT2D eigenvalue weighted by Gasteiger charge is 2.09. The van der Waals surface area contributed by atoms with Crippen molar-refractivity contribution in [3.63, 3.8) is 0 Å². The van der Waals surface area contributed by atoms with Crippen LogP contribution in [0.25, 0.3) is 0 Å². The SMILES string of the molecule is CC.CCN(CCC(C)C)CC(F)F. The van der Waals surface area contributed by atoms with Crippen molar-refractivity contribution in [3.05, 3.63) is 0 Å². The Kier molecular flexibility index (Phi) is 12.7. The molecule has 0 radical (unpaired) electrons. The molecule has 0 aliphatic carbocycles. The van der Waals surface area contributed by atoms with Crippen LogP contribution in [0.4, 0.5) is 8.78 Å². The second kappa shape index (κ2) is 10.9. The second-order valence-corrected chi connectivity index (χ2v) is 3.47. The molecule has 0 spiro atoms. The smallest absolute Gasteiger partial charge is 0.251 e. The number of rotatable bonds is 6. The summed E-state index contributed by atoms with van der Waals surface area (Å²) < 4.78 is 23.9. The lowest BCUT2D eigenvalue weighted by Crippen LogP contribution is -2.30. The summed E-state index contributed by atoms with van der Waals surface area (Å²) in [4.78, 5) is 1.80. The van der Waals surface area contributed by atoms with Gasteiger partial charge in [-0.15, -0.1) is 0 Å². The molecule has 0 saturated carbocycles. The molecule has 0 saturated heterocycles. The predicted octanol–water partition coefficient (Wildman–Crippen LogP) is 3.65. The van der Waals surface area contributed by atoms with Crippen molar-refractivity contribution in [2.45, 2.75) is 47.5 Å². The number of hydrogen-bond acceptors (Lipinski definition) is 1. The molecule has 0 aromatic heterocycles. The number of nitrogens with zero attached hydrogens (tertiary/aromatic N) is 1. The zero-order valence-corrected chi connectivity index (χ0v) is 10.2. The van der Waals surface area contributed by atoms with Crippen LogP contribution in [0.15, 0.2) is 0 Å². The normalized spacial score (nSPS) is 10.7. The minimum atomic E-state index is -2.20. The third kappa shape index (κ3) is 11.8. The first kappa shape index (κ1) is 16.3. The van der Waals surface area contributed by atoms with Gasteiger partial charge in [0, 0.05) is 0 Å². The average molecular weight is 209 g/mol. The van der Waals surface area contributed by atoms with E-state index in [-0.39, 0.29) is 6.54 Å². The number of hydrogen-bond donors (Lipinski definition) is 0. The number of halogens is 2. The first-order valence-electron chi connectivity index (χ1n) is 5.56. The first-order chi connectivity index (χ1) is 6.56. The van der Waals surface area contributed by atoms with Crippen LogP contribution in [0.2, 0.25) is 0 Å². The molecular formula is C11H25F2N. The maximum atomic E-state index is 12.0. The molecule has 0 aliphatic heterocycles. The van der Waals surface area contributed by atoms with Gasteiger partial charge < -0.3 is 0 Å². The van der Waals surface area contributed by atoms with Crippen molar-refractivity contribution in [1.82, 2.24) is 4.90 Å². The van der Waals surface area contributed by atoms with Gasteiger partial charge >= 0.3 is 0 Å². The van der Waals surface area contributed by atoms with E-state index in [0.29, 0.717) is 5.92 Å². The molecule has 0 amide bonds. The van der Waals surface area contributed by atoms with Gasteiger partial charge in [-0.2, -0.15) is 0 Å². The highest BCUT2D eigenvalue weighted by atomic mass is 19.3. The molecule has 0 fully saturated rings. The van der Waals surface area contributed by atoms with E-state index in [4.69, 9.17) is 0 Å². The lowest BCUT2D eigenvalue weighted by atomic mass is 10.1. The Bertz CT molecular complexity index is 105. The molecule has 0 bridgehead atoms. The van der Waals surface area contributed by atoms with Crippen LogP contribution in [-0.2, 0) is 0 Å². The Hall–Kier alpha value is -0.180. The molecule has 1 nitrogen and oxygen atoms in total. The van der Waals surface area contributed by atoms with Crippen molar-refractivity contribution in [1.29, 1.82) is 0 Å². The van der Waals surface area contributed by atoms with Crippen molar-refractivity contribution in [2.75, 3.05) is 19.6 Å². The molecule has 3 heteroatoms. The summed E-state index contributed by atoms with van der Waals surface area (Å²) in [6.45, 7) is 11.6. The van der Waals surface area contributed by atoms with Gasteiger partial charge in [-0.1, -0.05) is 34.6 Å². The van der Waals surface area contributed by atoms with E-state index in [0.717, 1.165) is 19.5 Å². The van der Waals surface area contributed by atoms with Crippen LogP contribution in [0.3, 0.4) is 0 Å². The zero-order valence-electron chi connectivity index (χ0n) is 10.2. The van der Waals surface area contributed by atoms with Crippen LogP contribution in [0, 0.1) is 5.92 Å². The van der Waals surface area contributed by atoms with E-state index in [2.05, 4.69) is 13.8 Å². The van der Waals surface area contributed by atoms with Crippen LogP contribution >= 0.6 is 0 Å². The Morgan fingerprint density at radius 1 is 1.14 bits per heavy atom. The standard InChI is InChI=1S/C9H19F2N.C2H6/c1-4-12(7-9(10)11)6-5-8(2)3;1-2/h8-9H,4-7H2,1-3H3;1-2H3. The Labute approximate surface area is 87.5 Å². The minimum absolute atomic E-state index is 0.0801. The Morgan fingerprint density at radius 2 is 1.64 bits per heavy atom. The monoisotopic (exact) mass is 209 g/mol. The molecule has 0 aromatic rings. The lowest BCUT2D eigenvalue weighted by molar-refractivity contribution is 0.0885. The fourth-order valence-electron chi connectivity index (χ4n) is 1.01. The Balaban J connectivity index is 0. The molecule has 0 atom stereocenters. The average Bonchev–Trinajstić information content (AvgIpc) is 2.14. The summed E-state index contributed by atoms with van der Waals surface area (Å²) in [5.41, 5.74) is 0. The van der Waals surface area contributed by atoms with Gasteiger partial charge in [-0.05, 0) is 25.4 Å². The molecule has 0 N–H and O–H groups in total. The summed E-state index contributed by atoms with van der Waals surface area (Å²) in [5, 5.41) is 0. The Morgan fingerprint density at radius 3 is 1.93 bits per heavy atom. The topological polar surface area (TPSA) is 3.24 Å². The van der Waals surface area contributed by atoms with Crippen LogP contribution in [-0.4, -0.2) is 31.0 Å². The van der Waals surface area contributed by atoms with Crippen molar-refractivity contribution >= 4 is 0 Å². The van der Waals surface area contributed by atoms with Gasteiger partial charge in [0.25, 0.3) is 6.43 Å². The van der Waals surface area contributed by atoms with E-state index < -0.39 is 6.43 Å². The molecular weight excluding hydrogens is 184 g/mol. The van der Waals surface area contributed by atoms with Crippen molar-refractivity contribution in [3.8, 4) is 0 Å². The van der Waals surface area contributed by atoms with Gasteiger partial charge in [-0.3, -0.25) is 4.90 Å². The van der Waals surface area contributed by atoms with Gasteiger partial charge in [0.2, 0.25) is 0 Å². The summed E-state index contributed by atoms with van der Waals surface area (Å²) in [6, 6.07) is 0. The van der Waals surface area contributed by atoms with E-state index in [9.17, 15) is 8.78 Å². The fraction of sp³-hybridized carbons (Fsp3) is 1.00. The van der Waals surface area contributed by atoms with Crippen LogP contribution in [0.5, 0.6) is 0 Å². The van der Waals surface area contributed by atoms with E-state index in [1.165, 1.54) is 0 Å². The summed E-state index contributed by atoms with van der Waals surface area (Å²) in [5.74, 6) is 0.594. The third-order valence-electron chi connectivity index (χ3n) is 1.87. The van der Waals surface area contributed by atoms with Gasteiger partial charge in [0.1, 0.15) is 0 Å².